The zero-order chi connectivity index (χ0) is 41.0. The zero-order valence-corrected chi connectivity index (χ0v) is 33.9. The summed E-state index contributed by atoms with van der Waals surface area (Å²) in [6, 6.07) is 85.3. The Labute approximate surface area is 360 Å². The number of anilines is 3. The molecule has 0 bridgehead atoms. The smallest absolute Gasteiger partial charge is 0.159 e. The van der Waals surface area contributed by atoms with Crippen molar-refractivity contribution in [2.24, 2.45) is 0 Å². The predicted molar refractivity (Wildman–Crippen MR) is 263 cm³/mol. The second-order valence-electron chi connectivity index (χ2n) is 16.0. The van der Waals surface area contributed by atoms with Gasteiger partial charge in [-0.2, -0.15) is 0 Å². The third kappa shape index (κ3) is 5.88. The molecule has 2 nitrogen and oxygen atoms in total. The molecule has 0 atom stereocenters. The number of furan rings is 1. The van der Waals surface area contributed by atoms with E-state index in [9.17, 15) is 0 Å². The van der Waals surface area contributed by atoms with Crippen LogP contribution in [0.4, 0.5) is 17.1 Å². The lowest BCUT2D eigenvalue weighted by molar-refractivity contribution is 0.673. The van der Waals surface area contributed by atoms with Gasteiger partial charge < -0.3 is 9.32 Å². The monoisotopic (exact) mass is 789 g/mol. The van der Waals surface area contributed by atoms with Gasteiger partial charge in [-0.3, -0.25) is 0 Å². The maximum absolute atomic E-state index is 6.98. The molecule has 0 aliphatic rings. The highest BCUT2D eigenvalue weighted by Gasteiger charge is 2.23. The van der Waals surface area contributed by atoms with Gasteiger partial charge in [0, 0.05) is 27.4 Å². The number of rotatable bonds is 7. The summed E-state index contributed by atoms with van der Waals surface area (Å²) in [5, 5.41) is 9.47. The number of benzene rings is 11. The van der Waals surface area contributed by atoms with Crippen LogP contribution in [0.15, 0.2) is 241 Å². The summed E-state index contributed by atoms with van der Waals surface area (Å²) in [5.41, 5.74) is 14.4. The minimum atomic E-state index is 0.857. The van der Waals surface area contributed by atoms with Crippen LogP contribution >= 0.6 is 0 Å². The lowest BCUT2D eigenvalue weighted by atomic mass is 9.84. The Morgan fingerprint density at radius 3 is 1.53 bits per heavy atom. The van der Waals surface area contributed by atoms with Crippen LogP contribution in [0.3, 0.4) is 0 Å². The van der Waals surface area contributed by atoms with E-state index in [-0.39, 0.29) is 0 Å². The standard InChI is InChI=1S/C60H39NO/c1-4-17-41(18-5-1)47-24-14-15-29-55(47)61(56-30-16-28-52-53-38-33-42-19-10-11-25-48(42)59(53)62-60(52)56)46-35-31-40(32-36-46)45-34-37-50-49-26-12-13-27-51(49)57(43-20-6-2-7-21-43)58(54(50)39-45)44-22-8-3-9-23-44/h1-39H. The van der Waals surface area contributed by atoms with Crippen LogP contribution in [-0.2, 0) is 0 Å². The molecule has 0 saturated carbocycles. The van der Waals surface area contributed by atoms with Crippen molar-refractivity contribution in [1.29, 1.82) is 0 Å². The second kappa shape index (κ2) is 14.8. The van der Waals surface area contributed by atoms with Crippen LogP contribution in [0.5, 0.6) is 0 Å². The Kier molecular flexibility index (Phi) is 8.53. The molecule has 2 heteroatoms. The summed E-state index contributed by atoms with van der Waals surface area (Å²) < 4.78 is 6.98. The van der Waals surface area contributed by atoms with Crippen molar-refractivity contribution in [3.8, 4) is 44.5 Å². The van der Waals surface area contributed by atoms with Gasteiger partial charge in [-0.15, -0.1) is 0 Å². The van der Waals surface area contributed by atoms with Gasteiger partial charge >= 0.3 is 0 Å². The maximum atomic E-state index is 6.98. The largest absolute Gasteiger partial charge is 0.453 e. The summed E-state index contributed by atoms with van der Waals surface area (Å²) in [5.74, 6) is 0. The first-order valence-corrected chi connectivity index (χ1v) is 21.3. The molecule has 1 heterocycles. The van der Waals surface area contributed by atoms with Crippen molar-refractivity contribution in [3.63, 3.8) is 0 Å². The van der Waals surface area contributed by atoms with Gasteiger partial charge in [0.1, 0.15) is 5.58 Å². The minimum absolute atomic E-state index is 0.857. The van der Waals surface area contributed by atoms with Crippen molar-refractivity contribution in [1.82, 2.24) is 0 Å². The van der Waals surface area contributed by atoms with E-state index in [2.05, 4.69) is 241 Å². The molecule has 12 rings (SSSR count). The summed E-state index contributed by atoms with van der Waals surface area (Å²) in [6.07, 6.45) is 0. The SMILES string of the molecule is c1ccc(-c2ccccc2N(c2ccc(-c3ccc4c(c3)c(-c3ccccc3)c(-c3ccccc3)c3ccccc34)cc2)c2cccc3c2oc2c4ccccc4ccc32)cc1. The summed E-state index contributed by atoms with van der Waals surface area (Å²) >= 11 is 0. The molecule has 62 heavy (non-hydrogen) atoms. The first-order chi connectivity index (χ1) is 30.8. The molecule has 11 aromatic carbocycles. The van der Waals surface area contributed by atoms with E-state index < -0.39 is 0 Å². The normalized spacial score (nSPS) is 11.5. The predicted octanol–water partition coefficient (Wildman–Crippen LogP) is 17.2. The van der Waals surface area contributed by atoms with Crippen LogP contribution in [0.2, 0.25) is 0 Å². The number of hydrogen-bond acceptors (Lipinski definition) is 2. The Hall–Kier alpha value is -8.20. The Bertz CT molecular complexity index is 3610. The molecular formula is C60H39NO. The molecule has 0 fully saturated rings. The van der Waals surface area contributed by atoms with Gasteiger partial charge in [0.25, 0.3) is 0 Å². The molecular weight excluding hydrogens is 751 g/mol. The van der Waals surface area contributed by atoms with Crippen molar-refractivity contribution in [2.45, 2.75) is 0 Å². The molecule has 1 aromatic heterocycles. The van der Waals surface area contributed by atoms with Gasteiger partial charge in [0.2, 0.25) is 0 Å². The van der Waals surface area contributed by atoms with E-state index in [0.29, 0.717) is 0 Å². The summed E-state index contributed by atoms with van der Waals surface area (Å²) in [7, 11) is 0. The molecule has 290 valence electrons. The third-order valence-electron chi connectivity index (χ3n) is 12.4. The first-order valence-electron chi connectivity index (χ1n) is 21.3. The van der Waals surface area contributed by atoms with E-state index in [0.717, 1.165) is 72.0 Å². The van der Waals surface area contributed by atoms with E-state index in [4.69, 9.17) is 4.42 Å². The summed E-state index contributed by atoms with van der Waals surface area (Å²) in [6.45, 7) is 0. The average Bonchev–Trinajstić information content (AvgIpc) is 3.75. The van der Waals surface area contributed by atoms with Crippen molar-refractivity contribution in [3.05, 3.63) is 237 Å². The highest BCUT2D eigenvalue weighted by Crippen LogP contribution is 2.48. The number of nitrogens with zero attached hydrogens (tertiary/aromatic N) is 1. The van der Waals surface area contributed by atoms with Crippen LogP contribution in [-0.4, -0.2) is 0 Å². The average molecular weight is 790 g/mol. The fourth-order valence-corrected chi connectivity index (χ4v) is 9.61. The Balaban J connectivity index is 1.06. The van der Waals surface area contributed by atoms with E-state index in [1.54, 1.807) is 0 Å². The van der Waals surface area contributed by atoms with Gasteiger partial charge in [-0.1, -0.05) is 200 Å². The molecule has 0 saturated heterocycles. The van der Waals surface area contributed by atoms with E-state index >= 15 is 0 Å². The second-order valence-corrected chi connectivity index (χ2v) is 16.0. The van der Waals surface area contributed by atoms with Crippen molar-refractivity contribution >= 4 is 71.3 Å². The van der Waals surface area contributed by atoms with Crippen molar-refractivity contribution < 1.29 is 4.42 Å². The zero-order valence-electron chi connectivity index (χ0n) is 33.9. The van der Waals surface area contributed by atoms with Crippen molar-refractivity contribution in [2.75, 3.05) is 4.90 Å². The van der Waals surface area contributed by atoms with Crippen LogP contribution in [0.25, 0.3) is 98.8 Å². The molecule has 12 aromatic rings. The maximum Gasteiger partial charge on any atom is 0.159 e. The molecule has 0 amide bonds. The van der Waals surface area contributed by atoms with E-state index in [1.165, 1.54) is 43.8 Å². The number of hydrogen-bond donors (Lipinski definition) is 0. The number of fused-ring (bicyclic) bond motifs is 8. The molecule has 0 N–H and O–H groups in total. The fraction of sp³-hybridized carbons (Fsp3) is 0. The van der Waals surface area contributed by atoms with E-state index in [1.807, 2.05) is 0 Å². The Morgan fingerprint density at radius 1 is 0.274 bits per heavy atom. The van der Waals surface area contributed by atoms with Crippen LogP contribution in [0.1, 0.15) is 0 Å². The van der Waals surface area contributed by atoms with Gasteiger partial charge in [0.05, 0.1) is 11.4 Å². The molecule has 0 radical (unpaired) electrons. The van der Waals surface area contributed by atoms with Gasteiger partial charge in [-0.05, 0) is 102 Å². The topological polar surface area (TPSA) is 16.4 Å². The third-order valence-corrected chi connectivity index (χ3v) is 12.4. The summed E-state index contributed by atoms with van der Waals surface area (Å²) in [4.78, 5) is 2.37. The Morgan fingerprint density at radius 2 is 0.790 bits per heavy atom. The molecule has 0 aliphatic carbocycles. The lowest BCUT2D eigenvalue weighted by Crippen LogP contribution is -2.11. The highest BCUT2D eigenvalue weighted by molar-refractivity contribution is 6.22. The molecule has 0 unspecified atom stereocenters. The van der Waals surface area contributed by atoms with Crippen LogP contribution < -0.4 is 4.90 Å². The lowest BCUT2D eigenvalue weighted by Gasteiger charge is -2.28. The van der Waals surface area contributed by atoms with Gasteiger partial charge in [0.15, 0.2) is 5.58 Å². The molecule has 0 spiro atoms. The molecule has 0 aliphatic heterocycles. The van der Waals surface area contributed by atoms with Crippen LogP contribution in [0, 0.1) is 0 Å². The number of para-hydroxylation sites is 2. The first kappa shape index (κ1) is 35.7. The highest BCUT2D eigenvalue weighted by atomic mass is 16.3. The minimum Gasteiger partial charge on any atom is -0.453 e. The fourth-order valence-electron chi connectivity index (χ4n) is 9.61. The van der Waals surface area contributed by atoms with Gasteiger partial charge in [-0.25, -0.2) is 0 Å². The quantitative estimate of drug-likeness (QED) is 0.150.